The lowest BCUT2D eigenvalue weighted by atomic mass is 10.1. The maximum Gasteiger partial charge on any atom is 0.251 e. The van der Waals surface area contributed by atoms with E-state index in [-0.39, 0.29) is 11.6 Å². The van der Waals surface area contributed by atoms with Gasteiger partial charge in [-0.1, -0.05) is 0 Å². The van der Waals surface area contributed by atoms with Crippen LogP contribution in [0, 0.1) is 5.82 Å². The molecule has 0 bridgehead atoms. The number of nitrogens with zero attached hydrogens (tertiary/aromatic N) is 3. The van der Waals surface area contributed by atoms with Crippen molar-refractivity contribution in [1.29, 1.82) is 0 Å². The number of carbonyl (C=O) groups is 1. The van der Waals surface area contributed by atoms with Gasteiger partial charge in [0.1, 0.15) is 11.3 Å². The number of primary amides is 1. The van der Waals surface area contributed by atoms with Crippen molar-refractivity contribution in [1.82, 2.24) is 19.5 Å². The Labute approximate surface area is 125 Å². The third-order valence-corrected chi connectivity index (χ3v) is 4.47. The number of amides is 1. The monoisotopic (exact) mass is 301 g/mol. The molecule has 0 aliphatic carbocycles. The van der Waals surface area contributed by atoms with Gasteiger partial charge in [-0.25, -0.2) is 13.9 Å². The lowest BCUT2D eigenvalue weighted by Gasteiger charge is -2.17. The van der Waals surface area contributed by atoms with Crippen molar-refractivity contribution in [2.24, 2.45) is 5.73 Å². The van der Waals surface area contributed by atoms with E-state index in [9.17, 15) is 9.18 Å². The molecule has 7 heteroatoms. The average Bonchev–Trinajstić information content (AvgIpc) is 3.12. The second kappa shape index (κ2) is 4.54. The molecule has 1 aromatic carbocycles. The van der Waals surface area contributed by atoms with Crippen LogP contribution in [0.3, 0.4) is 0 Å². The third-order valence-electron chi connectivity index (χ3n) is 4.47. The van der Waals surface area contributed by atoms with Crippen LogP contribution in [0.5, 0.6) is 0 Å². The van der Waals surface area contributed by atoms with Gasteiger partial charge in [0, 0.05) is 23.9 Å². The van der Waals surface area contributed by atoms with E-state index in [1.165, 1.54) is 6.07 Å². The topological polar surface area (TPSA) is 79.4 Å². The molecule has 2 aromatic heterocycles. The number of benzene rings is 1. The van der Waals surface area contributed by atoms with Crippen LogP contribution < -0.4 is 5.73 Å². The molecule has 1 aliphatic heterocycles. The minimum Gasteiger partial charge on any atom is -0.366 e. The van der Waals surface area contributed by atoms with E-state index in [0.29, 0.717) is 11.0 Å². The van der Waals surface area contributed by atoms with Gasteiger partial charge in [0.25, 0.3) is 5.91 Å². The highest BCUT2D eigenvalue weighted by Gasteiger charge is 2.27. The Balaban J connectivity index is 2.01. The van der Waals surface area contributed by atoms with Crippen LogP contribution in [0.25, 0.3) is 16.7 Å². The fourth-order valence-corrected chi connectivity index (χ4v) is 3.43. The number of fused-ring (bicyclic) bond motifs is 3. The van der Waals surface area contributed by atoms with Gasteiger partial charge >= 0.3 is 0 Å². The SMILES string of the molecule is CN1CCCC1c1c[nH]n2c1nc1cc(F)cc(C(N)=O)c12. The number of likely N-dealkylation sites (tertiary alicyclic amines) is 1. The summed E-state index contributed by atoms with van der Waals surface area (Å²) in [6, 6.07) is 2.76. The van der Waals surface area contributed by atoms with Crippen molar-refractivity contribution >= 4 is 22.6 Å². The average molecular weight is 301 g/mol. The summed E-state index contributed by atoms with van der Waals surface area (Å²) in [7, 11) is 2.08. The van der Waals surface area contributed by atoms with E-state index in [4.69, 9.17) is 5.73 Å². The molecule has 3 N–H and O–H groups in total. The first-order chi connectivity index (χ1) is 10.6. The van der Waals surface area contributed by atoms with Crippen molar-refractivity contribution in [2.75, 3.05) is 13.6 Å². The van der Waals surface area contributed by atoms with Crippen LogP contribution in [0.4, 0.5) is 4.39 Å². The van der Waals surface area contributed by atoms with Gasteiger partial charge in [-0.3, -0.25) is 14.8 Å². The predicted molar refractivity (Wildman–Crippen MR) is 80.1 cm³/mol. The molecule has 3 heterocycles. The molecular formula is C15H16FN5O. The Bertz CT molecular complexity index is 896. The lowest BCUT2D eigenvalue weighted by molar-refractivity contribution is 0.100. The molecule has 1 aliphatic rings. The van der Waals surface area contributed by atoms with Gasteiger partial charge in [0.2, 0.25) is 0 Å². The minimum atomic E-state index is -0.666. The number of hydrogen-bond donors (Lipinski definition) is 2. The number of rotatable bonds is 2. The quantitative estimate of drug-likeness (QED) is 0.757. The summed E-state index contributed by atoms with van der Waals surface area (Å²) >= 11 is 0. The van der Waals surface area contributed by atoms with Crippen molar-refractivity contribution < 1.29 is 9.18 Å². The Kier molecular flexibility index (Phi) is 2.74. The highest BCUT2D eigenvalue weighted by molar-refractivity contribution is 6.05. The Morgan fingerprint density at radius 1 is 1.50 bits per heavy atom. The molecule has 0 saturated carbocycles. The number of nitrogens with one attached hydrogen (secondary N) is 1. The second-order valence-electron chi connectivity index (χ2n) is 5.82. The number of halogens is 1. The maximum absolute atomic E-state index is 13.7. The first-order valence-electron chi connectivity index (χ1n) is 7.25. The molecule has 1 unspecified atom stereocenters. The standard InChI is InChI=1S/C15H16FN5O/c1-20-4-2-3-12(20)10-7-18-21-13-9(14(17)22)5-8(16)6-11(13)19-15(10)21/h5-7,12,18H,2-4H2,1H3,(H2,17,22). The summed E-state index contributed by atoms with van der Waals surface area (Å²) in [6.07, 6.45) is 4.10. The fraction of sp³-hybridized carbons (Fsp3) is 0.333. The highest BCUT2D eigenvalue weighted by atomic mass is 19.1. The van der Waals surface area contributed by atoms with E-state index in [1.54, 1.807) is 4.52 Å². The van der Waals surface area contributed by atoms with Crippen LogP contribution >= 0.6 is 0 Å². The molecule has 3 aromatic rings. The van der Waals surface area contributed by atoms with E-state index < -0.39 is 11.7 Å². The Morgan fingerprint density at radius 2 is 2.32 bits per heavy atom. The van der Waals surface area contributed by atoms with Crippen LogP contribution in [0.2, 0.25) is 0 Å². The number of aromatic amines is 1. The Hall–Kier alpha value is -2.41. The highest BCUT2D eigenvalue weighted by Crippen LogP contribution is 2.34. The summed E-state index contributed by atoms with van der Waals surface area (Å²) < 4.78 is 15.4. The third kappa shape index (κ3) is 1.75. The number of H-pyrrole nitrogens is 1. The second-order valence-corrected chi connectivity index (χ2v) is 5.82. The van der Waals surface area contributed by atoms with E-state index in [1.807, 2.05) is 6.20 Å². The maximum atomic E-state index is 13.7. The number of hydrogen-bond acceptors (Lipinski definition) is 3. The predicted octanol–water partition coefficient (Wildman–Crippen LogP) is 1.82. The molecular weight excluding hydrogens is 285 g/mol. The normalized spacial score (nSPS) is 19.5. The molecule has 1 fully saturated rings. The minimum absolute atomic E-state index is 0.135. The van der Waals surface area contributed by atoms with Crippen molar-refractivity contribution in [3.63, 3.8) is 0 Å². The largest absolute Gasteiger partial charge is 0.366 e. The van der Waals surface area contributed by atoms with Crippen LogP contribution in [0.1, 0.15) is 34.8 Å². The zero-order valence-corrected chi connectivity index (χ0v) is 12.1. The van der Waals surface area contributed by atoms with Gasteiger partial charge in [-0.05, 0) is 32.5 Å². The number of carbonyl (C=O) groups excluding carboxylic acids is 1. The van der Waals surface area contributed by atoms with Gasteiger partial charge < -0.3 is 5.73 Å². The molecule has 6 nitrogen and oxygen atoms in total. The number of nitrogens with two attached hydrogens (primary N) is 1. The summed E-state index contributed by atoms with van der Waals surface area (Å²) in [5.41, 5.74) is 8.26. The van der Waals surface area contributed by atoms with Gasteiger partial charge in [0.15, 0.2) is 5.65 Å². The molecule has 0 spiro atoms. The number of aromatic nitrogens is 3. The fourth-order valence-electron chi connectivity index (χ4n) is 3.43. The zero-order chi connectivity index (χ0) is 15.4. The van der Waals surface area contributed by atoms with E-state index in [0.717, 1.165) is 36.7 Å². The number of imidazole rings is 1. The van der Waals surface area contributed by atoms with Gasteiger partial charge in [-0.2, -0.15) is 0 Å². The van der Waals surface area contributed by atoms with Crippen molar-refractivity contribution in [3.8, 4) is 0 Å². The van der Waals surface area contributed by atoms with E-state index >= 15 is 0 Å². The molecule has 1 saturated heterocycles. The molecule has 0 radical (unpaired) electrons. The molecule has 1 atom stereocenters. The first kappa shape index (κ1) is 13.3. The molecule has 4 rings (SSSR count). The smallest absolute Gasteiger partial charge is 0.251 e. The van der Waals surface area contributed by atoms with Crippen LogP contribution in [-0.2, 0) is 0 Å². The van der Waals surface area contributed by atoms with E-state index in [2.05, 4.69) is 22.0 Å². The van der Waals surface area contributed by atoms with Crippen LogP contribution in [-0.4, -0.2) is 39.0 Å². The first-order valence-corrected chi connectivity index (χ1v) is 7.25. The molecule has 22 heavy (non-hydrogen) atoms. The summed E-state index contributed by atoms with van der Waals surface area (Å²) in [5, 5.41) is 3.12. The molecule has 1 amide bonds. The summed E-state index contributed by atoms with van der Waals surface area (Å²) in [4.78, 5) is 18.4. The van der Waals surface area contributed by atoms with Gasteiger partial charge in [0.05, 0.1) is 11.1 Å². The van der Waals surface area contributed by atoms with Crippen molar-refractivity contribution in [3.05, 3.63) is 35.3 Å². The van der Waals surface area contributed by atoms with Crippen molar-refractivity contribution in [2.45, 2.75) is 18.9 Å². The lowest BCUT2D eigenvalue weighted by Crippen LogP contribution is -2.17. The summed E-state index contributed by atoms with van der Waals surface area (Å²) in [5.74, 6) is -1.18. The summed E-state index contributed by atoms with van der Waals surface area (Å²) in [6.45, 7) is 1.05. The zero-order valence-electron chi connectivity index (χ0n) is 12.1. The van der Waals surface area contributed by atoms with Crippen LogP contribution in [0.15, 0.2) is 18.3 Å². The van der Waals surface area contributed by atoms with Gasteiger partial charge in [-0.15, -0.1) is 0 Å². The molecule has 114 valence electrons. The Morgan fingerprint density at radius 3 is 3.00 bits per heavy atom.